The van der Waals surface area contributed by atoms with Gasteiger partial charge in [-0.1, -0.05) is 18.7 Å². The van der Waals surface area contributed by atoms with E-state index in [9.17, 15) is 14.4 Å². The summed E-state index contributed by atoms with van der Waals surface area (Å²) < 4.78 is 15.2. The molecule has 0 amide bonds. The summed E-state index contributed by atoms with van der Waals surface area (Å²) in [7, 11) is 0. The number of allylic oxidation sites excluding steroid dienone is 3. The molecule has 0 fully saturated rings. The Morgan fingerprint density at radius 3 is 2.40 bits per heavy atom. The number of nitrogens with two attached hydrogens (primary N) is 2. The molecule has 1 aromatic carbocycles. The van der Waals surface area contributed by atoms with Crippen molar-refractivity contribution in [1.82, 2.24) is 0 Å². The minimum atomic E-state index is -0.566. The van der Waals surface area contributed by atoms with Crippen LogP contribution in [0.4, 0.5) is 11.4 Å². The normalized spacial score (nSPS) is 15.4. The van der Waals surface area contributed by atoms with Gasteiger partial charge in [0, 0.05) is 29.4 Å². The molecule has 0 aromatic heterocycles. The second kappa shape index (κ2) is 10.7. The predicted molar refractivity (Wildman–Crippen MR) is 112 cm³/mol. The molecule has 0 aliphatic heterocycles. The van der Waals surface area contributed by atoms with Gasteiger partial charge in [-0.25, -0.2) is 14.4 Å². The number of esters is 3. The number of ether oxygens (including phenoxy) is 3. The highest BCUT2D eigenvalue weighted by atomic mass is 16.6. The van der Waals surface area contributed by atoms with Gasteiger partial charge in [0.15, 0.2) is 0 Å². The van der Waals surface area contributed by atoms with Gasteiger partial charge in [-0.3, -0.25) is 0 Å². The Balaban J connectivity index is 1.75. The fourth-order valence-electron chi connectivity index (χ4n) is 2.44. The van der Waals surface area contributed by atoms with Crippen molar-refractivity contribution in [3.05, 3.63) is 71.9 Å². The zero-order valence-corrected chi connectivity index (χ0v) is 16.6. The van der Waals surface area contributed by atoms with E-state index in [1.165, 1.54) is 25.1 Å². The summed E-state index contributed by atoms with van der Waals surface area (Å²) in [5.41, 5.74) is 13.5. The van der Waals surface area contributed by atoms with Crippen LogP contribution in [0.5, 0.6) is 0 Å². The van der Waals surface area contributed by atoms with E-state index in [0.29, 0.717) is 17.8 Å². The third kappa shape index (κ3) is 7.31. The third-order valence-corrected chi connectivity index (χ3v) is 3.88. The molecule has 0 bridgehead atoms. The minimum Gasteiger partial charge on any atom is -0.459 e. The van der Waals surface area contributed by atoms with E-state index >= 15 is 0 Å². The van der Waals surface area contributed by atoms with Gasteiger partial charge in [-0.15, -0.1) is 0 Å². The highest BCUT2D eigenvalue weighted by Crippen LogP contribution is 2.19. The Kier molecular flexibility index (Phi) is 7.99. The van der Waals surface area contributed by atoms with Crippen LogP contribution in [0.25, 0.3) is 0 Å². The number of hydrogen-bond acceptors (Lipinski definition) is 8. The Labute approximate surface area is 174 Å². The highest BCUT2D eigenvalue weighted by molar-refractivity contribution is 5.92. The van der Waals surface area contributed by atoms with Crippen molar-refractivity contribution in [2.45, 2.75) is 19.4 Å². The number of hydrogen-bond donors (Lipinski definition) is 2. The van der Waals surface area contributed by atoms with Crippen LogP contribution in [0, 0.1) is 0 Å². The van der Waals surface area contributed by atoms with Crippen LogP contribution in [0.15, 0.2) is 66.3 Å². The molecular weight excluding hydrogens is 388 g/mol. The Morgan fingerprint density at radius 2 is 1.80 bits per heavy atom. The number of benzene rings is 1. The first kappa shape index (κ1) is 22.5. The van der Waals surface area contributed by atoms with E-state index in [0.717, 1.165) is 5.57 Å². The topological polar surface area (TPSA) is 131 Å². The highest BCUT2D eigenvalue weighted by Gasteiger charge is 2.16. The molecule has 1 aliphatic carbocycles. The van der Waals surface area contributed by atoms with Gasteiger partial charge in [0.25, 0.3) is 0 Å². The van der Waals surface area contributed by atoms with Crippen LogP contribution in [0.3, 0.4) is 0 Å². The summed E-state index contributed by atoms with van der Waals surface area (Å²) in [6.07, 6.45) is 8.12. The number of anilines is 2. The molecule has 1 aliphatic rings. The van der Waals surface area contributed by atoms with Crippen LogP contribution in [0.2, 0.25) is 0 Å². The van der Waals surface area contributed by atoms with Crippen molar-refractivity contribution in [2.24, 2.45) is 0 Å². The molecule has 0 saturated heterocycles. The number of carbonyl (C=O) groups is 3. The maximum Gasteiger partial charge on any atom is 0.338 e. The quantitative estimate of drug-likeness (QED) is 0.219. The summed E-state index contributed by atoms with van der Waals surface area (Å²) in [5, 5.41) is 0. The fourth-order valence-corrected chi connectivity index (χ4v) is 2.44. The van der Waals surface area contributed by atoms with Gasteiger partial charge in [0.05, 0.1) is 5.56 Å². The van der Waals surface area contributed by atoms with Crippen LogP contribution in [-0.2, 0) is 23.8 Å². The third-order valence-electron chi connectivity index (χ3n) is 3.88. The van der Waals surface area contributed by atoms with E-state index in [2.05, 4.69) is 6.58 Å². The molecular formula is C22H24N2O6. The number of rotatable bonds is 8. The lowest BCUT2D eigenvalue weighted by molar-refractivity contribution is -0.146. The number of nitrogen functional groups attached to an aromatic ring is 2. The smallest absolute Gasteiger partial charge is 0.338 e. The Bertz CT molecular complexity index is 909. The van der Waals surface area contributed by atoms with Gasteiger partial charge in [0.1, 0.15) is 19.3 Å². The zero-order chi connectivity index (χ0) is 22.1. The summed E-state index contributed by atoms with van der Waals surface area (Å²) in [6.45, 7) is 4.88. The van der Waals surface area contributed by atoms with Gasteiger partial charge < -0.3 is 25.7 Å². The van der Waals surface area contributed by atoms with Crippen LogP contribution < -0.4 is 11.5 Å². The van der Waals surface area contributed by atoms with Crippen molar-refractivity contribution in [3.63, 3.8) is 0 Å². The molecule has 8 heteroatoms. The largest absolute Gasteiger partial charge is 0.459 e. The molecule has 1 atom stereocenters. The van der Waals surface area contributed by atoms with Crippen LogP contribution in [-0.4, -0.2) is 37.2 Å². The average Bonchev–Trinajstić information content (AvgIpc) is 2.69. The molecule has 0 radical (unpaired) electrons. The molecule has 1 aromatic rings. The fraction of sp³-hybridized carbons (Fsp3) is 0.227. The lowest BCUT2D eigenvalue weighted by Gasteiger charge is -2.16. The second-order valence-corrected chi connectivity index (χ2v) is 6.55. The van der Waals surface area contributed by atoms with Gasteiger partial charge in [-0.05, 0) is 42.8 Å². The van der Waals surface area contributed by atoms with Crippen molar-refractivity contribution >= 4 is 29.3 Å². The SMILES string of the molecule is C=C(C)C(=O)OCCOC(=O)/C=C/C1=CCC(OC(=O)c2cc(N)cc(N)c2)C=C1. The van der Waals surface area contributed by atoms with Crippen LogP contribution >= 0.6 is 0 Å². The van der Waals surface area contributed by atoms with Crippen LogP contribution in [0.1, 0.15) is 23.7 Å². The first-order chi connectivity index (χ1) is 14.2. The average molecular weight is 412 g/mol. The van der Waals surface area contributed by atoms with Gasteiger partial charge in [0.2, 0.25) is 0 Å². The van der Waals surface area contributed by atoms with E-state index in [-0.39, 0.29) is 24.4 Å². The minimum absolute atomic E-state index is 0.0420. The van der Waals surface area contributed by atoms with Gasteiger partial charge in [-0.2, -0.15) is 0 Å². The predicted octanol–water partition coefficient (Wildman–Crippen LogP) is 2.48. The summed E-state index contributed by atoms with van der Waals surface area (Å²) >= 11 is 0. The molecule has 0 heterocycles. The standard InChI is InChI=1S/C22H24N2O6/c1-14(2)21(26)29-10-9-28-20(25)8-5-15-3-6-19(7-4-15)30-22(27)16-11-17(23)13-18(24)12-16/h3-6,8,11-13,19H,1,7,9-10,23-24H2,2H3/b8-5+. The first-order valence-electron chi connectivity index (χ1n) is 9.17. The summed E-state index contributed by atoms with van der Waals surface area (Å²) in [6, 6.07) is 4.55. The monoisotopic (exact) mass is 412 g/mol. The molecule has 8 nitrogen and oxygen atoms in total. The Hall–Kier alpha value is -3.81. The maximum absolute atomic E-state index is 12.2. The molecule has 1 unspecified atom stereocenters. The van der Waals surface area contributed by atoms with E-state index in [4.69, 9.17) is 25.7 Å². The number of carbonyl (C=O) groups excluding carboxylic acids is 3. The van der Waals surface area contributed by atoms with E-state index < -0.39 is 24.0 Å². The van der Waals surface area contributed by atoms with Crippen molar-refractivity contribution in [1.29, 1.82) is 0 Å². The molecule has 158 valence electrons. The molecule has 0 spiro atoms. The van der Waals surface area contributed by atoms with E-state index in [1.54, 1.807) is 24.3 Å². The lowest BCUT2D eigenvalue weighted by atomic mass is 10.0. The maximum atomic E-state index is 12.2. The first-order valence-corrected chi connectivity index (χ1v) is 9.17. The van der Waals surface area contributed by atoms with Crippen molar-refractivity contribution < 1.29 is 28.6 Å². The summed E-state index contributed by atoms with van der Waals surface area (Å²) in [4.78, 5) is 35.1. The molecule has 2 rings (SSSR count). The summed E-state index contributed by atoms with van der Waals surface area (Å²) in [5.74, 6) is -1.62. The molecule has 0 saturated carbocycles. The van der Waals surface area contributed by atoms with Crippen molar-refractivity contribution in [3.8, 4) is 0 Å². The zero-order valence-electron chi connectivity index (χ0n) is 16.6. The second-order valence-electron chi connectivity index (χ2n) is 6.55. The van der Waals surface area contributed by atoms with Crippen molar-refractivity contribution in [2.75, 3.05) is 24.7 Å². The van der Waals surface area contributed by atoms with E-state index in [1.807, 2.05) is 6.08 Å². The molecule has 4 N–H and O–H groups in total. The lowest BCUT2D eigenvalue weighted by Crippen LogP contribution is -2.17. The Morgan fingerprint density at radius 1 is 1.13 bits per heavy atom. The molecule has 30 heavy (non-hydrogen) atoms. The van der Waals surface area contributed by atoms with Gasteiger partial charge >= 0.3 is 17.9 Å².